The smallest absolute Gasteiger partial charge is 0.221 e. The first-order chi connectivity index (χ1) is 8.76. The Labute approximate surface area is 108 Å². The maximum atomic E-state index is 8.84. The third-order valence-electron chi connectivity index (χ3n) is 2.93. The Hall–Kier alpha value is -1.36. The molecular formula is C13H21N3O2. The van der Waals surface area contributed by atoms with Crippen molar-refractivity contribution in [3.05, 3.63) is 11.4 Å². The second-order valence-corrected chi connectivity index (χ2v) is 4.63. The zero-order chi connectivity index (χ0) is 13.0. The van der Waals surface area contributed by atoms with Crippen LogP contribution in [0.4, 0.5) is 5.82 Å². The van der Waals surface area contributed by atoms with E-state index >= 15 is 0 Å². The highest BCUT2D eigenvalue weighted by atomic mass is 16.5. The van der Waals surface area contributed by atoms with Crippen molar-refractivity contribution in [2.24, 2.45) is 0 Å². The lowest BCUT2D eigenvalue weighted by Crippen LogP contribution is -2.11. The molecule has 2 rings (SSSR count). The highest BCUT2D eigenvalue weighted by molar-refractivity contribution is 5.49. The van der Waals surface area contributed by atoms with Crippen molar-refractivity contribution in [1.29, 1.82) is 0 Å². The molecule has 0 unspecified atom stereocenters. The number of aromatic nitrogens is 2. The molecule has 0 saturated heterocycles. The van der Waals surface area contributed by atoms with Crippen molar-refractivity contribution in [2.75, 3.05) is 25.1 Å². The molecule has 1 heterocycles. The average molecular weight is 251 g/mol. The van der Waals surface area contributed by atoms with E-state index in [0.29, 0.717) is 11.8 Å². The van der Waals surface area contributed by atoms with Crippen LogP contribution in [0.5, 0.6) is 5.88 Å². The highest BCUT2D eigenvalue weighted by Crippen LogP contribution is 2.39. The van der Waals surface area contributed by atoms with Crippen LogP contribution in [0.25, 0.3) is 0 Å². The second-order valence-electron chi connectivity index (χ2n) is 4.63. The van der Waals surface area contributed by atoms with Gasteiger partial charge in [0.25, 0.3) is 0 Å². The molecule has 1 fully saturated rings. The van der Waals surface area contributed by atoms with Gasteiger partial charge in [0, 0.05) is 12.5 Å². The monoisotopic (exact) mass is 251 g/mol. The molecule has 5 heteroatoms. The van der Waals surface area contributed by atoms with Gasteiger partial charge in [0.2, 0.25) is 5.88 Å². The van der Waals surface area contributed by atoms with Crippen LogP contribution in [-0.4, -0.2) is 34.8 Å². The zero-order valence-electron chi connectivity index (χ0n) is 11.1. The van der Waals surface area contributed by atoms with Gasteiger partial charge in [-0.05, 0) is 26.2 Å². The zero-order valence-corrected chi connectivity index (χ0v) is 11.1. The lowest BCUT2D eigenvalue weighted by atomic mass is 10.3. The number of aliphatic hydroxyl groups is 1. The van der Waals surface area contributed by atoms with Crippen molar-refractivity contribution in [2.45, 2.75) is 39.0 Å². The molecule has 2 N–H and O–H groups in total. The fourth-order valence-corrected chi connectivity index (χ4v) is 1.74. The Morgan fingerprint density at radius 1 is 1.39 bits per heavy atom. The predicted molar refractivity (Wildman–Crippen MR) is 70.1 cm³/mol. The molecule has 18 heavy (non-hydrogen) atoms. The molecule has 0 atom stereocenters. The van der Waals surface area contributed by atoms with Crippen LogP contribution in [0.3, 0.4) is 0 Å². The SMILES string of the molecule is CCCNc1nc(C2CC2)nc(OCCO)c1C. The summed E-state index contributed by atoms with van der Waals surface area (Å²) in [5.74, 6) is 2.82. The second kappa shape index (κ2) is 6.00. The Bertz CT molecular complexity index is 376. The highest BCUT2D eigenvalue weighted by Gasteiger charge is 2.28. The van der Waals surface area contributed by atoms with Gasteiger partial charge in [-0.1, -0.05) is 6.92 Å². The molecule has 1 saturated carbocycles. The minimum Gasteiger partial charge on any atom is -0.475 e. The molecule has 0 radical (unpaired) electrons. The van der Waals surface area contributed by atoms with Crippen molar-refractivity contribution in [3.63, 3.8) is 0 Å². The summed E-state index contributed by atoms with van der Waals surface area (Å²) in [6, 6.07) is 0. The summed E-state index contributed by atoms with van der Waals surface area (Å²) in [6.45, 7) is 5.23. The fraction of sp³-hybridized carbons (Fsp3) is 0.692. The number of nitrogens with zero attached hydrogens (tertiary/aromatic N) is 2. The minimum absolute atomic E-state index is 0.0000728. The quantitative estimate of drug-likeness (QED) is 0.774. The first kappa shape index (κ1) is 13.1. The molecule has 0 aromatic carbocycles. The molecule has 0 spiro atoms. The molecule has 1 aliphatic carbocycles. The molecule has 0 amide bonds. The van der Waals surface area contributed by atoms with Crippen LogP contribution < -0.4 is 10.1 Å². The fourth-order valence-electron chi connectivity index (χ4n) is 1.74. The largest absolute Gasteiger partial charge is 0.475 e. The van der Waals surface area contributed by atoms with Gasteiger partial charge in [0.1, 0.15) is 18.2 Å². The van der Waals surface area contributed by atoms with E-state index in [4.69, 9.17) is 9.84 Å². The van der Waals surface area contributed by atoms with Crippen LogP contribution in [0.1, 0.15) is 43.5 Å². The third kappa shape index (κ3) is 3.10. The maximum absolute atomic E-state index is 8.84. The van der Waals surface area contributed by atoms with Gasteiger partial charge in [0.05, 0.1) is 12.2 Å². The molecule has 0 bridgehead atoms. The molecular weight excluding hydrogens is 230 g/mol. The Morgan fingerprint density at radius 2 is 2.17 bits per heavy atom. The number of hydrogen-bond donors (Lipinski definition) is 2. The van der Waals surface area contributed by atoms with Crippen LogP contribution in [0.15, 0.2) is 0 Å². The van der Waals surface area contributed by atoms with Crippen molar-refractivity contribution in [3.8, 4) is 5.88 Å². The van der Waals surface area contributed by atoms with E-state index in [1.807, 2.05) is 6.92 Å². The number of anilines is 1. The molecule has 100 valence electrons. The standard InChI is InChI=1S/C13H21N3O2/c1-3-6-14-11-9(2)13(18-8-7-17)16-12(15-11)10-4-5-10/h10,17H,3-8H2,1-2H3,(H,14,15,16). The first-order valence-electron chi connectivity index (χ1n) is 6.62. The average Bonchev–Trinajstić information content (AvgIpc) is 3.20. The molecule has 1 aromatic heterocycles. The summed E-state index contributed by atoms with van der Waals surface area (Å²) in [6.07, 6.45) is 3.38. The number of hydrogen-bond acceptors (Lipinski definition) is 5. The lowest BCUT2D eigenvalue weighted by molar-refractivity contribution is 0.195. The molecule has 1 aliphatic rings. The van der Waals surface area contributed by atoms with Gasteiger partial charge in [-0.25, -0.2) is 4.98 Å². The van der Waals surface area contributed by atoms with Crippen LogP contribution >= 0.6 is 0 Å². The van der Waals surface area contributed by atoms with Crippen molar-refractivity contribution in [1.82, 2.24) is 9.97 Å². The van der Waals surface area contributed by atoms with E-state index in [0.717, 1.165) is 43.0 Å². The maximum Gasteiger partial charge on any atom is 0.221 e. The molecule has 5 nitrogen and oxygen atoms in total. The molecule has 1 aromatic rings. The first-order valence-corrected chi connectivity index (χ1v) is 6.62. The molecule has 0 aliphatic heterocycles. The third-order valence-corrected chi connectivity index (χ3v) is 2.93. The number of ether oxygens (including phenoxy) is 1. The van der Waals surface area contributed by atoms with E-state index in [-0.39, 0.29) is 13.2 Å². The van der Waals surface area contributed by atoms with Gasteiger partial charge >= 0.3 is 0 Å². The van der Waals surface area contributed by atoms with Gasteiger partial charge in [-0.3, -0.25) is 0 Å². The van der Waals surface area contributed by atoms with Gasteiger partial charge in [0.15, 0.2) is 0 Å². The number of nitrogens with one attached hydrogen (secondary N) is 1. The normalized spacial score (nSPS) is 14.6. The minimum atomic E-state index is -0.0000728. The summed E-state index contributed by atoms with van der Waals surface area (Å²) in [4.78, 5) is 9.03. The Balaban J connectivity index is 2.22. The number of aliphatic hydroxyl groups excluding tert-OH is 1. The summed E-state index contributed by atoms with van der Waals surface area (Å²) in [5.41, 5.74) is 0.918. The summed E-state index contributed by atoms with van der Waals surface area (Å²) < 4.78 is 5.48. The van der Waals surface area contributed by atoms with Crippen LogP contribution in [0.2, 0.25) is 0 Å². The van der Waals surface area contributed by atoms with Gasteiger partial charge in [-0.2, -0.15) is 4.98 Å². The lowest BCUT2D eigenvalue weighted by Gasteiger charge is -2.13. The van der Waals surface area contributed by atoms with E-state index in [1.165, 1.54) is 0 Å². The Kier molecular flexibility index (Phi) is 4.36. The van der Waals surface area contributed by atoms with E-state index < -0.39 is 0 Å². The van der Waals surface area contributed by atoms with E-state index in [9.17, 15) is 0 Å². The van der Waals surface area contributed by atoms with Crippen molar-refractivity contribution >= 4 is 5.82 Å². The van der Waals surface area contributed by atoms with Crippen LogP contribution in [-0.2, 0) is 0 Å². The van der Waals surface area contributed by atoms with E-state index in [2.05, 4.69) is 22.2 Å². The van der Waals surface area contributed by atoms with Crippen molar-refractivity contribution < 1.29 is 9.84 Å². The Morgan fingerprint density at radius 3 is 2.78 bits per heavy atom. The van der Waals surface area contributed by atoms with E-state index in [1.54, 1.807) is 0 Å². The summed E-state index contributed by atoms with van der Waals surface area (Å²) in [5, 5.41) is 12.1. The van der Waals surface area contributed by atoms with Gasteiger partial charge in [-0.15, -0.1) is 0 Å². The summed E-state index contributed by atoms with van der Waals surface area (Å²) in [7, 11) is 0. The predicted octanol–water partition coefficient (Wildman–Crippen LogP) is 1.86. The summed E-state index contributed by atoms with van der Waals surface area (Å²) >= 11 is 0. The topological polar surface area (TPSA) is 67.3 Å². The number of rotatable bonds is 7. The van der Waals surface area contributed by atoms with Crippen LogP contribution in [0, 0.1) is 6.92 Å². The van der Waals surface area contributed by atoms with Gasteiger partial charge < -0.3 is 15.2 Å².